The second-order valence-electron chi connectivity index (χ2n) is 11.6. The number of amides is 2. The number of carbonyl (C=O) groups is 3. The Morgan fingerprint density at radius 1 is 1.11 bits per heavy atom. The van der Waals surface area contributed by atoms with Crippen molar-refractivity contribution >= 4 is 23.5 Å². The quantitative estimate of drug-likeness (QED) is 0.235. The van der Waals surface area contributed by atoms with Crippen LogP contribution in [0.4, 0.5) is 5.69 Å². The standard InChI is InChI=1S/C29H48N4O4/c1-12-37-27(36)19(4)16-22(18(2)3)33(11)26(35)24(28(5,6)7)32-25(34)23(31-10)29(8,9)20-14-13-15-21(30)17-20/h13-18,22-24,31H,12,30H2,1-11H3,(H,32,34)/b19-16+. The zero-order chi connectivity index (χ0) is 28.7. The van der Waals surface area contributed by atoms with Gasteiger partial charge in [0.25, 0.3) is 0 Å². The van der Waals surface area contributed by atoms with Gasteiger partial charge in [-0.2, -0.15) is 0 Å². The lowest BCUT2D eigenvalue weighted by molar-refractivity contribution is -0.141. The first-order chi connectivity index (χ1) is 17.0. The van der Waals surface area contributed by atoms with Crippen LogP contribution in [0.2, 0.25) is 0 Å². The highest BCUT2D eigenvalue weighted by molar-refractivity contribution is 5.92. The van der Waals surface area contributed by atoms with Crippen LogP contribution in [-0.2, 0) is 24.5 Å². The molecule has 0 saturated carbocycles. The van der Waals surface area contributed by atoms with Gasteiger partial charge in [-0.3, -0.25) is 9.59 Å². The molecule has 0 aliphatic rings. The Bertz CT molecular complexity index is 978. The Hall–Kier alpha value is -2.87. The van der Waals surface area contributed by atoms with E-state index in [1.54, 1.807) is 45.0 Å². The number of rotatable bonds is 11. The molecule has 0 radical (unpaired) electrons. The van der Waals surface area contributed by atoms with Gasteiger partial charge in [0.1, 0.15) is 6.04 Å². The maximum atomic E-state index is 13.9. The van der Waals surface area contributed by atoms with E-state index >= 15 is 0 Å². The average molecular weight is 517 g/mol. The molecule has 2 amide bonds. The number of esters is 1. The second-order valence-corrected chi connectivity index (χ2v) is 11.6. The molecule has 0 spiro atoms. The minimum absolute atomic E-state index is 0.0298. The van der Waals surface area contributed by atoms with Crippen LogP contribution < -0.4 is 16.4 Å². The molecule has 37 heavy (non-hydrogen) atoms. The van der Waals surface area contributed by atoms with E-state index in [1.807, 2.05) is 66.7 Å². The highest BCUT2D eigenvalue weighted by Gasteiger charge is 2.41. The largest absolute Gasteiger partial charge is 0.463 e. The molecular formula is C29H48N4O4. The van der Waals surface area contributed by atoms with Gasteiger partial charge in [0.15, 0.2) is 0 Å². The number of anilines is 1. The van der Waals surface area contributed by atoms with Crippen LogP contribution in [0, 0.1) is 11.3 Å². The first-order valence-corrected chi connectivity index (χ1v) is 12.9. The Morgan fingerprint density at radius 2 is 1.70 bits per heavy atom. The first-order valence-electron chi connectivity index (χ1n) is 12.9. The van der Waals surface area contributed by atoms with Crippen LogP contribution >= 0.6 is 0 Å². The molecule has 0 saturated heterocycles. The fourth-order valence-corrected chi connectivity index (χ4v) is 4.47. The lowest BCUT2D eigenvalue weighted by atomic mass is 9.76. The molecule has 4 N–H and O–H groups in total. The summed E-state index contributed by atoms with van der Waals surface area (Å²) in [6.45, 7) is 17.4. The predicted molar refractivity (Wildman–Crippen MR) is 150 cm³/mol. The van der Waals surface area contributed by atoms with Crippen molar-refractivity contribution in [2.75, 3.05) is 26.4 Å². The van der Waals surface area contributed by atoms with Crippen LogP contribution in [0.5, 0.6) is 0 Å². The normalized spacial score (nSPS) is 15.1. The van der Waals surface area contributed by atoms with Gasteiger partial charge in [-0.1, -0.05) is 66.7 Å². The van der Waals surface area contributed by atoms with Crippen molar-refractivity contribution in [2.45, 2.75) is 85.9 Å². The molecule has 0 fully saturated rings. The third-order valence-corrected chi connectivity index (χ3v) is 6.80. The van der Waals surface area contributed by atoms with Crippen molar-refractivity contribution in [3.05, 3.63) is 41.5 Å². The predicted octanol–water partition coefficient (Wildman–Crippen LogP) is 3.66. The molecule has 0 aliphatic carbocycles. The minimum Gasteiger partial charge on any atom is -0.463 e. The summed E-state index contributed by atoms with van der Waals surface area (Å²) in [5.41, 5.74) is 6.80. The fourth-order valence-electron chi connectivity index (χ4n) is 4.47. The lowest BCUT2D eigenvalue weighted by Gasteiger charge is -2.40. The monoisotopic (exact) mass is 516 g/mol. The zero-order valence-corrected chi connectivity index (χ0v) is 24.6. The van der Waals surface area contributed by atoms with Crippen molar-refractivity contribution in [2.24, 2.45) is 11.3 Å². The third-order valence-electron chi connectivity index (χ3n) is 6.80. The molecule has 0 aliphatic heterocycles. The van der Waals surface area contributed by atoms with E-state index in [4.69, 9.17) is 10.5 Å². The summed E-state index contributed by atoms with van der Waals surface area (Å²) < 4.78 is 5.11. The van der Waals surface area contributed by atoms with Gasteiger partial charge in [0.2, 0.25) is 11.8 Å². The summed E-state index contributed by atoms with van der Waals surface area (Å²) in [6.07, 6.45) is 1.77. The molecule has 3 unspecified atom stereocenters. The van der Waals surface area contributed by atoms with Crippen molar-refractivity contribution in [1.82, 2.24) is 15.5 Å². The van der Waals surface area contributed by atoms with Gasteiger partial charge < -0.3 is 26.0 Å². The summed E-state index contributed by atoms with van der Waals surface area (Å²) in [6, 6.07) is 5.71. The van der Waals surface area contributed by atoms with Crippen molar-refractivity contribution in [1.29, 1.82) is 0 Å². The molecule has 0 aromatic heterocycles. The van der Waals surface area contributed by atoms with Crippen molar-refractivity contribution in [3.8, 4) is 0 Å². The molecule has 1 aromatic carbocycles. The van der Waals surface area contributed by atoms with Crippen LogP contribution in [0.1, 0.15) is 67.9 Å². The topological polar surface area (TPSA) is 114 Å². The van der Waals surface area contributed by atoms with Crippen molar-refractivity contribution in [3.63, 3.8) is 0 Å². The second kappa shape index (κ2) is 13.1. The van der Waals surface area contributed by atoms with Crippen molar-refractivity contribution < 1.29 is 19.1 Å². The maximum absolute atomic E-state index is 13.9. The number of carbonyl (C=O) groups excluding carboxylic acids is 3. The van der Waals surface area contributed by atoms with Gasteiger partial charge in [0.05, 0.1) is 18.7 Å². The number of nitrogens with zero attached hydrogens (tertiary/aromatic N) is 1. The van der Waals surface area contributed by atoms with Crippen LogP contribution in [0.25, 0.3) is 0 Å². The summed E-state index contributed by atoms with van der Waals surface area (Å²) in [7, 11) is 3.44. The number of ether oxygens (including phenoxy) is 1. The first kappa shape index (κ1) is 32.2. The molecule has 208 valence electrons. The SMILES string of the molecule is CCOC(=O)/C(C)=C/C(C(C)C)N(C)C(=O)C(NC(=O)C(NC)C(C)(C)c1cccc(N)c1)C(C)(C)C. The Kier molecular flexibility index (Phi) is 11.4. The summed E-state index contributed by atoms with van der Waals surface area (Å²) in [5, 5.41) is 6.17. The number of hydrogen-bond acceptors (Lipinski definition) is 6. The van der Waals surface area contributed by atoms with Crippen LogP contribution in [0.15, 0.2) is 35.9 Å². The molecule has 0 heterocycles. The number of nitrogens with one attached hydrogen (secondary N) is 2. The number of hydrogen-bond donors (Lipinski definition) is 3. The molecular weight excluding hydrogens is 468 g/mol. The minimum atomic E-state index is -0.796. The lowest BCUT2D eigenvalue weighted by Crippen LogP contribution is -2.61. The number of nitrogen functional groups attached to an aromatic ring is 1. The van der Waals surface area contributed by atoms with Gasteiger partial charge in [-0.25, -0.2) is 4.79 Å². The van der Waals surface area contributed by atoms with Gasteiger partial charge in [-0.15, -0.1) is 0 Å². The fraction of sp³-hybridized carbons (Fsp3) is 0.621. The van der Waals surface area contributed by atoms with Crippen LogP contribution in [-0.4, -0.2) is 61.5 Å². The summed E-state index contributed by atoms with van der Waals surface area (Å²) in [4.78, 5) is 41.3. The number of nitrogens with two attached hydrogens (primary N) is 1. The highest BCUT2D eigenvalue weighted by Crippen LogP contribution is 2.30. The van der Waals surface area contributed by atoms with Gasteiger partial charge in [0, 0.05) is 23.7 Å². The van der Waals surface area contributed by atoms with E-state index in [1.165, 1.54) is 0 Å². The molecule has 1 aromatic rings. The Labute approximate surface area is 223 Å². The molecule has 8 nitrogen and oxygen atoms in total. The van der Waals surface area contributed by atoms with Gasteiger partial charge in [-0.05, 0) is 49.9 Å². The smallest absolute Gasteiger partial charge is 0.333 e. The van der Waals surface area contributed by atoms with Gasteiger partial charge >= 0.3 is 5.97 Å². The van der Waals surface area contributed by atoms with E-state index < -0.39 is 28.9 Å². The highest BCUT2D eigenvalue weighted by atomic mass is 16.5. The zero-order valence-electron chi connectivity index (χ0n) is 24.6. The van der Waals surface area contributed by atoms with E-state index in [0.29, 0.717) is 11.3 Å². The van der Waals surface area contributed by atoms with E-state index in [9.17, 15) is 14.4 Å². The molecule has 8 heteroatoms. The number of likely N-dealkylation sites (N-methyl/N-ethyl adjacent to an activating group) is 2. The maximum Gasteiger partial charge on any atom is 0.333 e. The third kappa shape index (κ3) is 8.32. The average Bonchev–Trinajstić information content (AvgIpc) is 2.79. The van der Waals surface area contributed by atoms with E-state index in [2.05, 4.69) is 10.6 Å². The molecule has 0 bridgehead atoms. The van der Waals surface area contributed by atoms with E-state index in [0.717, 1.165) is 5.56 Å². The summed E-state index contributed by atoms with van der Waals surface area (Å²) in [5.74, 6) is -0.891. The molecule has 1 rings (SSSR count). The molecule has 3 atom stereocenters. The Morgan fingerprint density at radius 3 is 2.16 bits per heavy atom. The summed E-state index contributed by atoms with van der Waals surface area (Å²) >= 11 is 0. The van der Waals surface area contributed by atoms with E-state index in [-0.39, 0.29) is 30.4 Å². The number of benzene rings is 1. The van der Waals surface area contributed by atoms with Crippen LogP contribution in [0.3, 0.4) is 0 Å². The Balaban J connectivity index is 3.31.